The number of hydrogen-bond acceptors (Lipinski definition) is 0. The van der Waals surface area contributed by atoms with Crippen molar-refractivity contribution in [3.63, 3.8) is 0 Å². The second kappa shape index (κ2) is 21.1. The first-order valence-electron chi connectivity index (χ1n) is 32.1. The molecule has 2 aromatic heterocycles. The molecule has 0 saturated heterocycles. The van der Waals surface area contributed by atoms with E-state index in [1.54, 1.807) is 0 Å². The molecule has 1 unspecified atom stereocenters. The van der Waals surface area contributed by atoms with Gasteiger partial charge < -0.3 is 9.13 Å². The molecule has 4 aliphatic rings. The summed E-state index contributed by atoms with van der Waals surface area (Å²) in [6.45, 7) is 9.62. The molecule has 13 aromatic rings. The maximum absolute atomic E-state index is 2.55. The van der Waals surface area contributed by atoms with Crippen molar-refractivity contribution in [2.24, 2.45) is 0 Å². The van der Waals surface area contributed by atoms with Gasteiger partial charge in [-0.25, -0.2) is 0 Å². The minimum atomic E-state index is -0.181. The minimum Gasteiger partial charge on any atom is -0.333 e. The van der Waals surface area contributed by atoms with Gasteiger partial charge in [0.25, 0.3) is 0 Å². The topological polar surface area (TPSA) is 9.86 Å². The lowest BCUT2D eigenvalue weighted by molar-refractivity contribution is 0.624. The van der Waals surface area contributed by atoms with Crippen LogP contribution in [0.5, 0.6) is 0 Å². The van der Waals surface area contributed by atoms with E-state index in [1.807, 2.05) is 0 Å². The molecular weight excluding hydrogens is 1080 g/mol. The molecule has 11 aromatic carbocycles. The van der Waals surface area contributed by atoms with Gasteiger partial charge in [-0.05, 0) is 213 Å². The average molecular weight is 1150 g/mol. The smallest absolute Gasteiger partial charge is 0.0560 e. The van der Waals surface area contributed by atoms with Crippen molar-refractivity contribution in [2.45, 2.75) is 63.8 Å². The van der Waals surface area contributed by atoms with Crippen LogP contribution in [0.25, 0.3) is 128 Å². The Kier molecular flexibility index (Phi) is 12.6. The van der Waals surface area contributed by atoms with Gasteiger partial charge in [0.05, 0.1) is 11.7 Å². The molecule has 430 valence electrons. The highest BCUT2D eigenvalue weighted by Crippen LogP contribution is 2.54. The second-order valence-electron chi connectivity index (χ2n) is 26.2. The number of nitrogens with zero attached hydrogens (tertiary/aromatic N) is 2. The van der Waals surface area contributed by atoms with E-state index in [-0.39, 0.29) is 16.9 Å². The Hall–Kier alpha value is -10.5. The van der Waals surface area contributed by atoms with Crippen LogP contribution in [-0.4, -0.2) is 9.13 Å². The summed E-state index contributed by atoms with van der Waals surface area (Å²) < 4.78 is 5.01. The third kappa shape index (κ3) is 8.60. The van der Waals surface area contributed by atoms with E-state index in [1.165, 1.54) is 156 Å². The number of fused-ring (bicyclic) bond motifs is 8. The van der Waals surface area contributed by atoms with Crippen LogP contribution in [-0.2, 0) is 10.8 Å². The van der Waals surface area contributed by atoms with Crippen LogP contribution >= 0.6 is 0 Å². The molecular formula is C88H68N2. The lowest BCUT2D eigenvalue weighted by atomic mass is 9.79. The summed E-state index contributed by atoms with van der Waals surface area (Å²) in [5.74, 6) is 0. The van der Waals surface area contributed by atoms with Crippen molar-refractivity contribution in [3.05, 3.63) is 331 Å². The van der Waals surface area contributed by atoms with Crippen molar-refractivity contribution in [3.8, 4) is 95.1 Å². The van der Waals surface area contributed by atoms with E-state index < -0.39 is 0 Å². The normalized spacial score (nSPS) is 15.8. The van der Waals surface area contributed by atoms with E-state index in [4.69, 9.17) is 0 Å². The van der Waals surface area contributed by atoms with Crippen LogP contribution in [0.2, 0.25) is 0 Å². The Morgan fingerprint density at radius 3 is 1.38 bits per heavy atom. The van der Waals surface area contributed by atoms with Crippen molar-refractivity contribution < 1.29 is 0 Å². The summed E-state index contributed by atoms with van der Waals surface area (Å²) in [5.41, 5.74) is 31.4. The van der Waals surface area contributed by atoms with Crippen LogP contribution in [0.1, 0.15) is 86.5 Å². The third-order valence-electron chi connectivity index (χ3n) is 20.4. The van der Waals surface area contributed by atoms with Gasteiger partial charge in [0.15, 0.2) is 0 Å². The molecule has 0 fully saturated rings. The van der Waals surface area contributed by atoms with Crippen LogP contribution < -0.4 is 0 Å². The molecule has 2 heterocycles. The van der Waals surface area contributed by atoms with E-state index >= 15 is 0 Å². The zero-order chi connectivity index (χ0) is 60.2. The lowest BCUT2D eigenvalue weighted by Crippen LogP contribution is -2.15. The van der Waals surface area contributed by atoms with E-state index in [9.17, 15) is 0 Å². The highest BCUT2D eigenvalue weighted by atomic mass is 15.0. The molecule has 0 saturated carbocycles. The molecule has 0 radical (unpaired) electrons. The minimum absolute atomic E-state index is 0.130. The summed E-state index contributed by atoms with van der Waals surface area (Å²) in [6.07, 6.45) is 17.0. The fraction of sp³-hybridized carbons (Fsp3) is 0.114. The van der Waals surface area contributed by atoms with Crippen LogP contribution in [0.4, 0.5) is 0 Å². The number of benzene rings is 11. The zero-order valence-corrected chi connectivity index (χ0v) is 51.4. The maximum Gasteiger partial charge on any atom is 0.0560 e. The summed E-state index contributed by atoms with van der Waals surface area (Å²) in [7, 11) is 0. The van der Waals surface area contributed by atoms with Crippen molar-refractivity contribution in [1.29, 1.82) is 0 Å². The summed E-state index contributed by atoms with van der Waals surface area (Å²) in [4.78, 5) is 0. The Morgan fingerprint density at radius 1 is 0.367 bits per heavy atom. The van der Waals surface area contributed by atoms with Gasteiger partial charge in [-0.2, -0.15) is 0 Å². The molecule has 0 N–H and O–H groups in total. The number of aromatic nitrogens is 2. The number of rotatable bonds is 10. The van der Waals surface area contributed by atoms with E-state index in [0.29, 0.717) is 0 Å². The molecule has 0 aliphatic heterocycles. The van der Waals surface area contributed by atoms with E-state index in [0.717, 1.165) is 24.9 Å². The fourth-order valence-corrected chi connectivity index (χ4v) is 15.9. The molecule has 1 atom stereocenters. The van der Waals surface area contributed by atoms with Gasteiger partial charge in [0.2, 0.25) is 0 Å². The average Bonchev–Trinajstić information content (AvgIpc) is 1.35. The largest absolute Gasteiger partial charge is 0.333 e. The molecule has 2 heteroatoms. The van der Waals surface area contributed by atoms with Crippen LogP contribution in [0.15, 0.2) is 297 Å². The van der Waals surface area contributed by atoms with Gasteiger partial charge >= 0.3 is 0 Å². The summed E-state index contributed by atoms with van der Waals surface area (Å²) in [6, 6.07) is 98.7. The fourth-order valence-electron chi connectivity index (χ4n) is 15.9. The molecule has 0 bridgehead atoms. The van der Waals surface area contributed by atoms with E-state index in [2.05, 4.69) is 334 Å². The highest BCUT2D eigenvalue weighted by molar-refractivity contribution is 6.23. The standard InChI is InChI=1S/C88H68N2/c1-87(2)77-31-19-17-29-69(77)71-45-39-65(55-79(71)87)85-73-47-37-63(57-33-41-67(42-34-57)89-81(59-21-9-5-10-22-59)49-50-82(89)60-23-11-6-12-24-60)53-75(73)86(66-40-46-72-70-30-18-20-32-78(70)88(3,4)80(72)56-66)76-54-64(38-48-74(76)85)58-35-43-68(44-36-58)90-83(61-25-13-7-14-26-61)51-52-84(90)62-27-15-8-16-28-62/h5-15,17-27,29-41,43-56,67H,16,28,42H2,1-4H3. The highest BCUT2D eigenvalue weighted by Gasteiger charge is 2.37. The molecule has 4 aliphatic carbocycles. The quantitative estimate of drug-likeness (QED) is 0.121. The SMILES string of the molecule is CC1(C)c2ccccc2-c2ccc(-c3c4ccc(C5=CCC(n6c(-c7ccccc7)ccc6-c6ccccc6)C=C5)cc4c(-c4ccc5c(c4)C(C)(C)c4ccccc4-5)c4cc(-c5ccc(-n6c(C7=CC=CCC7)ccc6-c6ccccc6)cc5)ccc34)cc21. The first-order chi connectivity index (χ1) is 44.2. The summed E-state index contributed by atoms with van der Waals surface area (Å²) >= 11 is 0. The van der Waals surface area contributed by atoms with Crippen molar-refractivity contribution in [1.82, 2.24) is 9.13 Å². The second-order valence-corrected chi connectivity index (χ2v) is 26.2. The third-order valence-corrected chi connectivity index (χ3v) is 20.4. The van der Waals surface area contributed by atoms with Gasteiger partial charge in [0.1, 0.15) is 0 Å². The molecule has 0 spiro atoms. The predicted molar refractivity (Wildman–Crippen MR) is 380 cm³/mol. The molecule has 0 amide bonds. The number of allylic oxidation sites excluding steroid dienone is 8. The molecule has 17 rings (SSSR count). The van der Waals surface area contributed by atoms with Crippen LogP contribution in [0.3, 0.4) is 0 Å². The molecule has 90 heavy (non-hydrogen) atoms. The van der Waals surface area contributed by atoms with Gasteiger partial charge in [-0.15, -0.1) is 0 Å². The van der Waals surface area contributed by atoms with Gasteiger partial charge in [-0.3, -0.25) is 0 Å². The maximum atomic E-state index is 2.55. The number of hydrogen-bond donors (Lipinski definition) is 0. The Balaban J connectivity index is 0.869. The van der Waals surface area contributed by atoms with Crippen molar-refractivity contribution in [2.75, 3.05) is 0 Å². The zero-order valence-electron chi connectivity index (χ0n) is 51.4. The van der Waals surface area contributed by atoms with Gasteiger partial charge in [0, 0.05) is 33.6 Å². The Morgan fingerprint density at radius 2 is 0.833 bits per heavy atom. The lowest BCUT2D eigenvalue weighted by Gasteiger charge is -2.25. The first-order valence-corrected chi connectivity index (χ1v) is 32.1. The first kappa shape index (κ1) is 53.7. The Labute approximate surface area is 528 Å². The van der Waals surface area contributed by atoms with Gasteiger partial charge in [-0.1, -0.05) is 264 Å². The molecule has 2 nitrogen and oxygen atoms in total. The predicted octanol–water partition coefficient (Wildman–Crippen LogP) is 23.5. The Bertz CT molecular complexity index is 5110. The summed E-state index contributed by atoms with van der Waals surface area (Å²) in [5, 5.41) is 4.99. The monoisotopic (exact) mass is 1150 g/mol. The van der Waals surface area contributed by atoms with Crippen molar-refractivity contribution >= 4 is 32.7 Å². The van der Waals surface area contributed by atoms with Crippen LogP contribution in [0, 0.1) is 0 Å².